The number of piperazine rings is 1. The molecule has 0 bridgehead atoms. The normalized spacial score (nSPS) is 22.3. The molecule has 2 fully saturated rings. The van der Waals surface area contributed by atoms with E-state index in [9.17, 15) is 22.8 Å². The van der Waals surface area contributed by atoms with E-state index in [2.05, 4.69) is 5.32 Å². The van der Waals surface area contributed by atoms with Gasteiger partial charge in [0.15, 0.2) is 0 Å². The van der Waals surface area contributed by atoms with Crippen LogP contribution in [0.25, 0.3) is 0 Å². The molecule has 4 rings (SSSR count). The highest BCUT2D eigenvalue weighted by molar-refractivity contribution is 7.89. The second-order valence-corrected chi connectivity index (χ2v) is 13.2. The van der Waals surface area contributed by atoms with E-state index in [0.717, 1.165) is 4.31 Å². The summed E-state index contributed by atoms with van der Waals surface area (Å²) in [5, 5.41) is 3.30. The maximum Gasteiger partial charge on any atom is 0.248 e. The Morgan fingerprint density at radius 2 is 1.67 bits per heavy atom. The van der Waals surface area contributed by atoms with Gasteiger partial charge in [-0.1, -0.05) is 52.5 Å². The van der Waals surface area contributed by atoms with Gasteiger partial charge in [-0.2, -0.15) is 4.31 Å². The number of halogens is 4. The molecule has 2 saturated heterocycles. The number of nitrogens with zero attached hydrogens (tertiary/aromatic N) is 3. The molecule has 0 spiro atoms. The molecule has 3 atom stereocenters. The number of carbonyl (C=O) groups excluding carboxylic acids is 3. The zero-order valence-electron chi connectivity index (χ0n) is 21.2. The molecule has 2 aromatic rings. The largest absolute Gasteiger partial charge is 0.343 e. The van der Waals surface area contributed by atoms with E-state index >= 15 is 0 Å². The van der Waals surface area contributed by atoms with Crippen LogP contribution in [0.5, 0.6) is 0 Å². The van der Waals surface area contributed by atoms with Crippen LogP contribution in [0.15, 0.2) is 41.3 Å². The predicted octanol–water partition coefficient (Wildman–Crippen LogP) is 3.83. The molecule has 2 aliphatic rings. The van der Waals surface area contributed by atoms with Crippen molar-refractivity contribution in [3.8, 4) is 0 Å². The van der Waals surface area contributed by atoms with Crippen molar-refractivity contribution in [3.05, 3.63) is 62.1 Å². The van der Waals surface area contributed by atoms with Crippen LogP contribution < -0.4 is 5.32 Å². The Balaban J connectivity index is 1.85. The summed E-state index contributed by atoms with van der Waals surface area (Å²) in [7, 11) is -4.33. The van der Waals surface area contributed by atoms with Gasteiger partial charge in [0, 0.05) is 31.0 Å². The van der Waals surface area contributed by atoms with Gasteiger partial charge < -0.3 is 15.1 Å². The minimum atomic E-state index is -4.33. The maximum absolute atomic E-state index is 14.0. The second kappa shape index (κ2) is 11.4. The Morgan fingerprint density at radius 1 is 0.974 bits per heavy atom. The molecule has 1 N–H and O–H groups in total. The summed E-state index contributed by atoms with van der Waals surface area (Å²) >= 11 is 24.6. The first-order valence-corrected chi connectivity index (χ1v) is 15.0. The van der Waals surface area contributed by atoms with Crippen molar-refractivity contribution in [3.63, 3.8) is 0 Å². The lowest BCUT2D eigenvalue weighted by atomic mass is 9.96. The van der Waals surface area contributed by atoms with Crippen molar-refractivity contribution < 1.29 is 22.8 Å². The van der Waals surface area contributed by atoms with Crippen molar-refractivity contribution in [2.45, 2.75) is 56.4 Å². The van der Waals surface area contributed by atoms with Crippen molar-refractivity contribution in [1.29, 1.82) is 0 Å². The number of amides is 3. The standard InChI is InChI=1S/C25H26Cl4N4O5S/c1-13(2)31-12-23-32(39(37,38)22-7-5-16(26)10-19(22)29)11-20(30-14(3)34)24(35)33(23)21(25(31)36)9-15-4-6-17(27)18(28)8-15/h4-8,10,13,20-21,23H,9,11-12H2,1-3H3,(H,30,34). The maximum atomic E-state index is 14.0. The van der Waals surface area contributed by atoms with Gasteiger partial charge in [-0.15, -0.1) is 0 Å². The van der Waals surface area contributed by atoms with E-state index in [1.165, 1.54) is 30.0 Å². The Morgan fingerprint density at radius 3 is 2.26 bits per heavy atom. The Bertz CT molecular complexity index is 1440. The topological polar surface area (TPSA) is 107 Å². The van der Waals surface area contributed by atoms with Crippen LogP contribution in [0, 0.1) is 0 Å². The van der Waals surface area contributed by atoms with Crippen LogP contribution in [0.4, 0.5) is 0 Å². The smallest absolute Gasteiger partial charge is 0.248 e. The molecule has 39 heavy (non-hydrogen) atoms. The number of benzene rings is 2. The molecule has 0 aromatic heterocycles. The van der Waals surface area contributed by atoms with E-state index in [4.69, 9.17) is 46.4 Å². The lowest BCUT2D eigenvalue weighted by Crippen LogP contribution is -2.76. The lowest BCUT2D eigenvalue weighted by molar-refractivity contribution is -0.169. The summed E-state index contributed by atoms with van der Waals surface area (Å²) in [5.41, 5.74) is 0.622. The summed E-state index contributed by atoms with van der Waals surface area (Å²) in [5.74, 6) is -1.45. The number of nitrogens with one attached hydrogen (secondary N) is 1. The lowest BCUT2D eigenvalue weighted by Gasteiger charge is -2.54. The fourth-order valence-electron chi connectivity index (χ4n) is 4.92. The molecule has 14 heteroatoms. The Labute approximate surface area is 247 Å². The number of carbonyl (C=O) groups is 3. The molecule has 3 unspecified atom stereocenters. The van der Waals surface area contributed by atoms with Gasteiger partial charge in [-0.3, -0.25) is 14.4 Å². The Hall–Kier alpha value is -2.08. The minimum absolute atomic E-state index is 0.0452. The molecular weight excluding hydrogens is 610 g/mol. The summed E-state index contributed by atoms with van der Waals surface area (Å²) in [4.78, 5) is 42.1. The van der Waals surface area contributed by atoms with Crippen molar-refractivity contribution >= 4 is 74.1 Å². The molecule has 2 aliphatic heterocycles. The van der Waals surface area contributed by atoms with Gasteiger partial charge in [0.2, 0.25) is 27.7 Å². The Kier molecular flexibility index (Phi) is 8.76. The van der Waals surface area contributed by atoms with Crippen LogP contribution in [0.2, 0.25) is 20.1 Å². The van der Waals surface area contributed by atoms with Gasteiger partial charge in [-0.05, 0) is 49.7 Å². The first kappa shape index (κ1) is 29.9. The van der Waals surface area contributed by atoms with Crippen LogP contribution >= 0.6 is 46.4 Å². The first-order chi connectivity index (χ1) is 18.2. The molecule has 2 heterocycles. The quantitative estimate of drug-likeness (QED) is 0.519. The highest BCUT2D eigenvalue weighted by atomic mass is 35.5. The van der Waals surface area contributed by atoms with E-state index in [1.54, 1.807) is 23.1 Å². The van der Waals surface area contributed by atoms with Crippen LogP contribution in [0.1, 0.15) is 26.3 Å². The third-order valence-corrected chi connectivity index (χ3v) is 10.0. The molecular formula is C25H26Cl4N4O5S. The average Bonchev–Trinajstić information content (AvgIpc) is 2.83. The van der Waals surface area contributed by atoms with Crippen LogP contribution in [0.3, 0.4) is 0 Å². The van der Waals surface area contributed by atoms with Crippen molar-refractivity contribution in [1.82, 2.24) is 19.4 Å². The van der Waals surface area contributed by atoms with Gasteiger partial charge in [-0.25, -0.2) is 8.42 Å². The number of rotatable bonds is 6. The SMILES string of the molecule is CC(=O)NC1CN(S(=O)(=O)c2ccc(Cl)cc2Cl)C2CN(C(C)C)C(=O)C(Cc3ccc(Cl)c(Cl)c3)N2C1=O. The highest BCUT2D eigenvalue weighted by Crippen LogP contribution is 2.35. The van der Waals surface area contributed by atoms with Gasteiger partial charge in [0.1, 0.15) is 23.1 Å². The molecule has 9 nitrogen and oxygen atoms in total. The molecule has 0 aliphatic carbocycles. The van der Waals surface area contributed by atoms with E-state index in [0.29, 0.717) is 10.6 Å². The minimum Gasteiger partial charge on any atom is -0.343 e. The van der Waals surface area contributed by atoms with E-state index in [1.807, 2.05) is 13.8 Å². The van der Waals surface area contributed by atoms with Gasteiger partial charge >= 0.3 is 0 Å². The highest BCUT2D eigenvalue weighted by Gasteiger charge is 2.54. The van der Waals surface area contributed by atoms with Gasteiger partial charge in [0.25, 0.3) is 0 Å². The number of hydrogen-bond acceptors (Lipinski definition) is 5. The van der Waals surface area contributed by atoms with Crippen molar-refractivity contribution in [2.24, 2.45) is 0 Å². The molecule has 0 saturated carbocycles. The fraction of sp³-hybridized carbons (Fsp3) is 0.400. The summed E-state index contributed by atoms with van der Waals surface area (Å²) in [6, 6.07) is 6.27. The number of hydrogen-bond donors (Lipinski definition) is 1. The first-order valence-electron chi connectivity index (χ1n) is 12.0. The average molecular weight is 636 g/mol. The third-order valence-electron chi connectivity index (χ3n) is 6.73. The summed E-state index contributed by atoms with van der Waals surface area (Å²) < 4.78 is 29.2. The third kappa shape index (κ3) is 5.87. The fourth-order valence-corrected chi connectivity index (χ4v) is 7.58. The molecule has 3 amide bonds. The molecule has 2 aromatic carbocycles. The number of fused-ring (bicyclic) bond motifs is 1. The molecule has 0 radical (unpaired) electrons. The predicted molar refractivity (Wildman–Crippen MR) is 149 cm³/mol. The zero-order chi connectivity index (χ0) is 28.8. The number of sulfonamides is 1. The molecule has 210 valence electrons. The van der Waals surface area contributed by atoms with Crippen LogP contribution in [-0.2, 0) is 30.8 Å². The summed E-state index contributed by atoms with van der Waals surface area (Å²) in [6.45, 7) is 4.42. The monoisotopic (exact) mass is 634 g/mol. The zero-order valence-corrected chi connectivity index (χ0v) is 25.0. The van der Waals surface area contributed by atoms with Crippen molar-refractivity contribution in [2.75, 3.05) is 13.1 Å². The van der Waals surface area contributed by atoms with Gasteiger partial charge in [0.05, 0.1) is 21.6 Å². The van der Waals surface area contributed by atoms with E-state index in [-0.39, 0.29) is 51.4 Å². The van der Waals surface area contributed by atoms with E-state index < -0.39 is 40.1 Å². The second-order valence-electron chi connectivity index (χ2n) is 9.68. The van der Waals surface area contributed by atoms with Crippen LogP contribution in [-0.4, -0.2) is 77.6 Å². The summed E-state index contributed by atoms with van der Waals surface area (Å²) in [6.07, 6.45) is -1.02.